The summed E-state index contributed by atoms with van der Waals surface area (Å²) in [4.78, 5) is 30.5. The number of benzene rings is 1. The van der Waals surface area contributed by atoms with E-state index in [4.69, 9.17) is 0 Å². The molecule has 1 atom stereocenters. The summed E-state index contributed by atoms with van der Waals surface area (Å²) in [5.74, 6) is -0.479. The number of carbonyl (C=O) groups is 1. The third kappa shape index (κ3) is 2.85. The van der Waals surface area contributed by atoms with Gasteiger partial charge in [0.05, 0.1) is 11.6 Å². The number of anilines is 1. The maximum Gasteiger partial charge on any atom is 0.282 e. The van der Waals surface area contributed by atoms with Crippen molar-refractivity contribution in [2.45, 2.75) is 33.1 Å². The van der Waals surface area contributed by atoms with E-state index in [-0.39, 0.29) is 23.1 Å². The van der Waals surface area contributed by atoms with Crippen LogP contribution in [0.15, 0.2) is 40.5 Å². The van der Waals surface area contributed by atoms with Crippen molar-refractivity contribution in [1.29, 1.82) is 0 Å². The number of aryl methyl sites for hydroxylation is 2. The first-order valence-electron chi connectivity index (χ1n) is 7.86. The molecule has 2 heterocycles. The highest BCUT2D eigenvalue weighted by Gasteiger charge is 2.21. The van der Waals surface area contributed by atoms with Gasteiger partial charge >= 0.3 is 0 Å². The molecule has 0 aliphatic rings. The first kappa shape index (κ1) is 16.4. The van der Waals surface area contributed by atoms with Crippen LogP contribution in [0.25, 0.3) is 4.96 Å². The van der Waals surface area contributed by atoms with Crippen molar-refractivity contribution >= 4 is 27.9 Å². The molecule has 0 aliphatic carbocycles. The summed E-state index contributed by atoms with van der Waals surface area (Å²) in [7, 11) is 0. The Morgan fingerprint density at radius 3 is 2.67 bits per heavy atom. The standard InChI is InChI=1S/C18H19N3O2S/c1-4-14(13-8-6-5-7-9-13)16(22)20-15-12(3)19-18-21(17(15)23)11(2)10-24-18/h5-10,14H,4H2,1-3H3,(H,20,22)/t14-/m1/s1. The Kier molecular flexibility index (Phi) is 4.49. The predicted molar refractivity (Wildman–Crippen MR) is 96.9 cm³/mol. The second-order valence-corrected chi connectivity index (χ2v) is 6.57. The summed E-state index contributed by atoms with van der Waals surface area (Å²) >= 11 is 1.42. The number of hydrogen-bond acceptors (Lipinski definition) is 4. The van der Waals surface area contributed by atoms with E-state index in [1.54, 1.807) is 6.92 Å². The van der Waals surface area contributed by atoms with E-state index in [1.807, 2.05) is 49.6 Å². The summed E-state index contributed by atoms with van der Waals surface area (Å²) in [5.41, 5.74) is 2.33. The molecule has 3 rings (SSSR count). The lowest BCUT2D eigenvalue weighted by atomic mass is 9.95. The summed E-state index contributed by atoms with van der Waals surface area (Å²) in [6.07, 6.45) is 0.656. The Morgan fingerprint density at radius 2 is 2.00 bits per heavy atom. The average molecular weight is 341 g/mol. The zero-order valence-electron chi connectivity index (χ0n) is 13.9. The Balaban J connectivity index is 1.98. The molecule has 1 amide bonds. The smallest absolute Gasteiger partial charge is 0.282 e. The topological polar surface area (TPSA) is 63.5 Å². The molecular weight excluding hydrogens is 322 g/mol. The lowest BCUT2D eigenvalue weighted by Gasteiger charge is -2.16. The van der Waals surface area contributed by atoms with Gasteiger partial charge in [-0.1, -0.05) is 37.3 Å². The molecule has 0 unspecified atom stereocenters. The lowest BCUT2D eigenvalue weighted by Crippen LogP contribution is -2.28. The van der Waals surface area contributed by atoms with Gasteiger partial charge in [0.15, 0.2) is 4.96 Å². The number of thiazole rings is 1. The Morgan fingerprint density at radius 1 is 1.29 bits per heavy atom. The number of aromatic nitrogens is 2. The molecule has 1 aromatic carbocycles. The number of fused-ring (bicyclic) bond motifs is 1. The molecule has 0 saturated carbocycles. The Bertz CT molecular complexity index is 944. The zero-order valence-corrected chi connectivity index (χ0v) is 14.7. The number of hydrogen-bond donors (Lipinski definition) is 1. The van der Waals surface area contributed by atoms with Gasteiger partial charge in [-0.15, -0.1) is 11.3 Å². The normalized spacial score (nSPS) is 12.3. The number of nitrogens with zero attached hydrogens (tertiary/aromatic N) is 2. The fourth-order valence-electron chi connectivity index (χ4n) is 2.80. The highest BCUT2D eigenvalue weighted by atomic mass is 32.1. The fourth-order valence-corrected chi connectivity index (χ4v) is 3.70. The molecule has 5 nitrogen and oxygen atoms in total. The van der Waals surface area contributed by atoms with Crippen LogP contribution in [0.3, 0.4) is 0 Å². The monoisotopic (exact) mass is 341 g/mol. The summed E-state index contributed by atoms with van der Waals surface area (Å²) in [6, 6.07) is 9.60. The Labute approximate surface area is 144 Å². The van der Waals surface area contributed by atoms with Crippen LogP contribution in [0.4, 0.5) is 5.69 Å². The second-order valence-electron chi connectivity index (χ2n) is 5.73. The second kappa shape index (κ2) is 6.57. The van der Waals surface area contributed by atoms with Crippen LogP contribution in [0.1, 0.15) is 36.2 Å². The molecule has 0 spiro atoms. The van der Waals surface area contributed by atoms with Crippen LogP contribution in [-0.2, 0) is 4.79 Å². The van der Waals surface area contributed by atoms with Crippen molar-refractivity contribution in [2.24, 2.45) is 0 Å². The molecule has 124 valence electrons. The van der Waals surface area contributed by atoms with E-state index < -0.39 is 0 Å². The molecule has 0 aliphatic heterocycles. The van der Waals surface area contributed by atoms with Gasteiger partial charge < -0.3 is 5.32 Å². The van der Waals surface area contributed by atoms with Gasteiger partial charge in [-0.3, -0.25) is 14.0 Å². The van der Waals surface area contributed by atoms with Crippen molar-refractivity contribution in [3.63, 3.8) is 0 Å². The molecular formula is C18H19N3O2S. The number of nitrogens with one attached hydrogen (secondary N) is 1. The van der Waals surface area contributed by atoms with Gasteiger partial charge in [0.25, 0.3) is 5.56 Å². The van der Waals surface area contributed by atoms with Gasteiger partial charge in [0, 0.05) is 11.1 Å². The highest BCUT2D eigenvalue weighted by Crippen LogP contribution is 2.22. The van der Waals surface area contributed by atoms with Gasteiger partial charge in [0.1, 0.15) is 5.69 Å². The van der Waals surface area contributed by atoms with E-state index >= 15 is 0 Å². The number of amides is 1. The molecule has 1 N–H and O–H groups in total. The van der Waals surface area contributed by atoms with Crippen molar-refractivity contribution in [3.05, 3.63) is 63.0 Å². The molecule has 0 saturated heterocycles. The minimum absolute atomic E-state index is 0.182. The SMILES string of the molecule is CC[C@@H](C(=O)Nc1c(C)nc2scc(C)n2c1=O)c1ccccc1. The molecule has 6 heteroatoms. The maximum atomic E-state index is 12.7. The van der Waals surface area contributed by atoms with Crippen molar-refractivity contribution in [2.75, 3.05) is 5.32 Å². The predicted octanol–water partition coefficient (Wildman–Crippen LogP) is 3.51. The number of carbonyl (C=O) groups excluding carboxylic acids is 1. The summed E-state index contributed by atoms with van der Waals surface area (Å²) in [6.45, 7) is 5.56. The quantitative estimate of drug-likeness (QED) is 0.790. The van der Waals surface area contributed by atoms with Gasteiger partial charge in [-0.2, -0.15) is 0 Å². The van der Waals surface area contributed by atoms with Gasteiger partial charge in [-0.05, 0) is 25.8 Å². The largest absolute Gasteiger partial charge is 0.319 e. The van der Waals surface area contributed by atoms with E-state index in [9.17, 15) is 9.59 Å². The van der Waals surface area contributed by atoms with Crippen LogP contribution < -0.4 is 10.9 Å². The molecule has 24 heavy (non-hydrogen) atoms. The highest BCUT2D eigenvalue weighted by molar-refractivity contribution is 7.15. The third-order valence-electron chi connectivity index (χ3n) is 4.10. The fraction of sp³-hybridized carbons (Fsp3) is 0.278. The molecule has 2 aromatic heterocycles. The Hall–Kier alpha value is -2.47. The number of rotatable bonds is 4. The minimum Gasteiger partial charge on any atom is -0.319 e. The van der Waals surface area contributed by atoms with E-state index in [1.165, 1.54) is 15.7 Å². The van der Waals surface area contributed by atoms with Crippen LogP contribution in [-0.4, -0.2) is 15.3 Å². The maximum absolute atomic E-state index is 12.7. The third-order valence-corrected chi connectivity index (χ3v) is 5.04. The first-order valence-corrected chi connectivity index (χ1v) is 8.74. The molecule has 3 aromatic rings. The lowest BCUT2D eigenvalue weighted by molar-refractivity contribution is -0.117. The zero-order chi connectivity index (χ0) is 17.3. The van der Waals surface area contributed by atoms with E-state index in [0.29, 0.717) is 17.1 Å². The minimum atomic E-state index is -0.297. The molecule has 0 bridgehead atoms. The first-order chi connectivity index (χ1) is 11.5. The van der Waals surface area contributed by atoms with Crippen molar-refractivity contribution in [1.82, 2.24) is 9.38 Å². The van der Waals surface area contributed by atoms with Crippen LogP contribution in [0.2, 0.25) is 0 Å². The average Bonchev–Trinajstić information content (AvgIpc) is 2.94. The van der Waals surface area contributed by atoms with Crippen LogP contribution >= 0.6 is 11.3 Å². The van der Waals surface area contributed by atoms with Gasteiger partial charge in [-0.25, -0.2) is 4.98 Å². The summed E-state index contributed by atoms with van der Waals surface area (Å²) in [5, 5.41) is 4.69. The van der Waals surface area contributed by atoms with Crippen molar-refractivity contribution in [3.8, 4) is 0 Å². The van der Waals surface area contributed by atoms with Crippen LogP contribution in [0.5, 0.6) is 0 Å². The van der Waals surface area contributed by atoms with Crippen molar-refractivity contribution < 1.29 is 4.79 Å². The van der Waals surface area contributed by atoms with Gasteiger partial charge in [0.2, 0.25) is 5.91 Å². The molecule has 0 radical (unpaired) electrons. The van der Waals surface area contributed by atoms with E-state index in [2.05, 4.69) is 10.3 Å². The van der Waals surface area contributed by atoms with Crippen LogP contribution in [0, 0.1) is 13.8 Å². The molecule has 0 fully saturated rings. The summed E-state index contributed by atoms with van der Waals surface area (Å²) < 4.78 is 1.54. The van der Waals surface area contributed by atoms with E-state index in [0.717, 1.165) is 11.3 Å².